The van der Waals surface area contributed by atoms with Gasteiger partial charge in [-0.1, -0.05) is 30.3 Å². The predicted octanol–water partition coefficient (Wildman–Crippen LogP) is 4.40. The van der Waals surface area contributed by atoms with Gasteiger partial charge in [0.25, 0.3) is 0 Å². The number of piperidine rings is 1. The van der Waals surface area contributed by atoms with Gasteiger partial charge in [0.2, 0.25) is 11.9 Å². The summed E-state index contributed by atoms with van der Waals surface area (Å²) >= 11 is 0. The fourth-order valence-electron chi connectivity index (χ4n) is 6.06. The topological polar surface area (TPSA) is 79.2 Å². The van der Waals surface area contributed by atoms with Crippen molar-refractivity contribution in [2.24, 2.45) is 11.8 Å². The highest BCUT2D eigenvalue weighted by Gasteiger charge is 2.39. The van der Waals surface area contributed by atoms with Crippen LogP contribution in [0.3, 0.4) is 0 Å². The number of anilines is 2. The van der Waals surface area contributed by atoms with Crippen LogP contribution < -0.4 is 5.32 Å². The summed E-state index contributed by atoms with van der Waals surface area (Å²) in [6.07, 6.45) is 10.0. The van der Waals surface area contributed by atoms with Gasteiger partial charge in [0.15, 0.2) is 0 Å². The Morgan fingerprint density at radius 2 is 1.95 bits per heavy atom. The van der Waals surface area contributed by atoms with Crippen molar-refractivity contribution in [3.63, 3.8) is 0 Å². The summed E-state index contributed by atoms with van der Waals surface area (Å²) in [5.74, 6) is 1.74. The maximum atomic E-state index is 14.0. The van der Waals surface area contributed by atoms with Gasteiger partial charge in [-0.2, -0.15) is 5.10 Å². The van der Waals surface area contributed by atoms with E-state index in [-0.39, 0.29) is 23.8 Å². The van der Waals surface area contributed by atoms with Crippen LogP contribution in [0.25, 0.3) is 0 Å². The first-order valence-electron chi connectivity index (χ1n) is 13.7. The van der Waals surface area contributed by atoms with Gasteiger partial charge in [-0.25, -0.2) is 9.97 Å². The van der Waals surface area contributed by atoms with Crippen LogP contribution in [0, 0.1) is 11.8 Å². The Balaban J connectivity index is 1.19. The molecule has 1 amide bonds. The third-order valence-corrected chi connectivity index (χ3v) is 8.54. The molecule has 8 heteroatoms. The number of hydrogen-bond acceptors (Lipinski definition) is 6. The van der Waals surface area contributed by atoms with Crippen molar-refractivity contribution in [1.82, 2.24) is 29.5 Å². The summed E-state index contributed by atoms with van der Waals surface area (Å²) in [5.41, 5.74) is 4.21. The minimum absolute atomic E-state index is 0.0127. The van der Waals surface area contributed by atoms with Gasteiger partial charge in [0.1, 0.15) is 0 Å². The Morgan fingerprint density at radius 3 is 2.73 bits per heavy atom. The van der Waals surface area contributed by atoms with Crippen molar-refractivity contribution in [3.05, 3.63) is 65.7 Å². The predicted molar refractivity (Wildman–Crippen MR) is 143 cm³/mol. The van der Waals surface area contributed by atoms with Crippen molar-refractivity contribution >= 4 is 17.5 Å². The van der Waals surface area contributed by atoms with E-state index in [0.29, 0.717) is 18.5 Å². The van der Waals surface area contributed by atoms with Crippen molar-refractivity contribution in [2.45, 2.75) is 64.1 Å². The average molecular weight is 500 g/mol. The van der Waals surface area contributed by atoms with Crippen LogP contribution in [0.4, 0.5) is 11.6 Å². The number of rotatable bonds is 6. The van der Waals surface area contributed by atoms with Gasteiger partial charge in [-0.05, 0) is 70.2 Å². The van der Waals surface area contributed by atoms with Crippen molar-refractivity contribution < 1.29 is 4.79 Å². The molecule has 1 saturated carbocycles. The van der Waals surface area contributed by atoms with Gasteiger partial charge in [-0.3, -0.25) is 9.48 Å². The molecule has 37 heavy (non-hydrogen) atoms. The number of nitrogens with one attached hydrogen (secondary N) is 1. The Morgan fingerprint density at radius 1 is 1.14 bits per heavy atom. The summed E-state index contributed by atoms with van der Waals surface area (Å²) in [5, 5.41) is 7.86. The molecule has 3 aromatic rings. The van der Waals surface area contributed by atoms with Crippen LogP contribution in [0.5, 0.6) is 0 Å². The van der Waals surface area contributed by atoms with Crippen LogP contribution in [0.2, 0.25) is 0 Å². The van der Waals surface area contributed by atoms with E-state index in [0.717, 1.165) is 48.8 Å². The second kappa shape index (κ2) is 9.89. The van der Waals surface area contributed by atoms with E-state index < -0.39 is 0 Å². The molecule has 1 unspecified atom stereocenters. The lowest BCUT2D eigenvalue weighted by Crippen LogP contribution is -2.50. The Hall–Kier alpha value is -3.26. The molecule has 2 aromatic heterocycles. The number of benzene rings is 1. The molecule has 3 aliphatic rings. The standard InChI is InChI=1S/C29H37N7O/c1-19-13-23-14-30-29(32-24-15-31-36(16-24)20(2)21-9-10-21)33-27(23)18-35(19)28(37)25-11-12-34(3)17-26(25)22-7-5-4-6-8-22/h4-8,14-16,19-21,25-26H,9-13,17-18H2,1-3H3,(H,30,32,33)/t19-,20?,25+,26-/m1/s1. The second-order valence-electron chi connectivity index (χ2n) is 11.3. The maximum Gasteiger partial charge on any atom is 0.227 e. The van der Waals surface area contributed by atoms with Gasteiger partial charge < -0.3 is 15.1 Å². The molecule has 0 radical (unpaired) electrons. The van der Waals surface area contributed by atoms with E-state index in [1.807, 2.05) is 29.3 Å². The SMILES string of the molecule is CC(C1CC1)n1cc(Nc2ncc3c(n2)CN(C(=O)[C@H]2CCN(C)C[C@@H]2c2ccccc2)[C@H](C)C3)cn1. The van der Waals surface area contributed by atoms with Crippen LogP contribution in [-0.4, -0.2) is 61.6 Å². The lowest BCUT2D eigenvalue weighted by Gasteiger charge is -2.42. The molecular formula is C29H37N7O. The lowest BCUT2D eigenvalue weighted by molar-refractivity contribution is -0.141. The minimum atomic E-state index is -0.0127. The van der Waals surface area contributed by atoms with E-state index in [2.05, 4.69) is 70.4 Å². The molecule has 194 valence electrons. The Bertz CT molecular complexity index is 1250. The number of carbonyl (C=O) groups excluding carboxylic acids is 1. The number of carbonyl (C=O) groups is 1. The number of likely N-dealkylation sites (N-methyl/N-ethyl adjacent to an activating group) is 1. The van der Waals surface area contributed by atoms with E-state index in [9.17, 15) is 4.79 Å². The highest BCUT2D eigenvalue weighted by atomic mass is 16.2. The Kier molecular flexibility index (Phi) is 6.44. The molecule has 0 spiro atoms. The van der Waals surface area contributed by atoms with Crippen LogP contribution in [0.15, 0.2) is 48.9 Å². The summed E-state index contributed by atoms with van der Waals surface area (Å²) in [7, 11) is 2.15. The quantitative estimate of drug-likeness (QED) is 0.542. The second-order valence-corrected chi connectivity index (χ2v) is 11.3. The first-order chi connectivity index (χ1) is 18.0. The zero-order valence-corrected chi connectivity index (χ0v) is 22.0. The molecule has 1 aliphatic carbocycles. The monoisotopic (exact) mass is 499 g/mol. The number of fused-ring (bicyclic) bond motifs is 1. The Labute approximate surface area is 219 Å². The highest BCUT2D eigenvalue weighted by Crippen LogP contribution is 2.39. The fraction of sp³-hybridized carbons (Fsp3) is 0.517. The minimum Gasteiger partial charge on any atom is -0.333 e. The van der Waals surface area contributed by atoms with Gasteiger partial charge in [0.05, 0.1) is 30.2 Å². The van der Waals surface area contributed by atoms with Crippen molar-refractivity contribution in [2.75, 3.05) is 25.5 Å². The van der Waals surface area contributed by atoms with Crippen molar-refractivity contribution in [3.8, 4) is 0 Å². The molecule has 0 bridgehead atoms. The summed E-state index contributed by atoms with van der Waals surface area (Å²) in [6, 6.07) is 11.1. The summed E-state index contributed by atoms with van der Waals surface area (Å²) in [4.78, 5) is 27.8. The summed E-state index contributed by atoms with van der Waals surface area (Å²) in [6.45, 7) is 6.75. The molecule has 4 heterocycles. The number of hydrogen-bond donors (Lipinski definition) is 1. The highest BCUT2D eigenvalue weighted by molar-refractivity contribution is 5.81. The molecule has 6 rings (SSSR count). The largest absolute Gasteiger partial charge is 0.333 e. The third kappa shape index (κ3) is 4.99. The molecule has 1 saturated heterocycles. The molecule has 8 nitrogen and oxygen atoms in total. The van der Waals surface area contributed by atoms with Gasteiger partial charge in [0, 0.05) is 36.8 Å². The normalized spacial score (nSPS) is 24.9. The number of nitrogens with zero attached hydrogens (tertiary/aromatic N) is 6. The smallest absolute Gasteiger partial charge is 0.227 e. The molecule has 2 aliphatic heterocycles. The van der Waals surface area contributed by atoms with E-state index in [4.69, 9.17) is 4.98 Å². The van der Waals surface area contributed by atoms with Crippen LogP contribution >= 0.6 is 0 Å². The van der Waals surface area contributed by atoms with Gasteiger partial charge in [-0.15, -0.1) is 0 Å². The van der Waals surface area contributed by atoms with Crippen molar-refractivity contribution in [1.29, 1.82) is 0 Å². The number of amides is 1. The van der Waals surface area contributed by atoms with E-state index in [1.165, 1.54) is 18.4 Å². The maximum absolute atomic E-state index is 14.0. The first kappa shape index (κ1) is 24.1. The molecule has 1 aromatic carbocycles. The zero-order chi connectivity index (χ0) is 25.5. The zero-order valence-electron chi connectivity index (χ0n) is 22.0. The van der Waals surface area contributed by atoms with E-state index >= 15 is 0 Å². The molecule has 4 atom stereocenters. The van der Waals surface area contributed by atoms with Crippen LogP contribution in [0.1, 0.15) is 61.9 Å². The fourth-order valence-corrected chi connectivity index (χ4v) is 6.06. The van der Waals surface area contributed by atoms with E-state index in [1.54, 1.807) is 0 Å². The lowest BCUT2D eigenvalue weighted by atomic mass is 9.79. The average Bonchev–Trinajstić information content (AvgIpc) is 3.66. The third-order valence-electron chi connectivity index (χ3n) is 8.54. The molecule has 1 N–H and O–H groups in total. The first-order valence-corrected chi connectivity index (χ1v) is 13.7. The molecular weight excluding hydrogens is 462 g/mol. The van der Waals surface area contributed by atoms with Gasteiger partial charge >= 0.3 is 0 Å². The number of likely N-dealkylation sites (tertiary alicyclic amines) is 1. The summed E-state index contributed by atoms with van der Waals surface area (Å²) < 4.78 is 2.03. The van der Waals surface area contributed by atoms with Crippen LogP contribution in [-0.2, 0) is 17.8 Å². The molecule has 2 fully saturated rings. The number of aromatic nitrogens is 4.